The van der Waals surface area contributed by atoms with Crippen molar-refractivity contribution < 1.29 is 4.92 Å². The fraction of sp³-hybridized carbons (Fsp3) is 0.385. The maximum absolute atomic E-state index is 10.5. The van der Waals surface area contributed by atoms with Gasteiger partial charge >= 0.3 is 0 Å². The predicted molar refractivity (Wildman–Crippen MR) is 76.3 cm³/mol. The van der Waals surface area contributed by atoms with Gasteiger partial charge in [-0.3, -0.25) is 10.1 Å². The summed E-state index contributed by atoms with van der Waals surface area (Å²) in [6, 6.07) is 5.96. The Morgan fingerprint density at radius 3 is 2.83 bits per heavy atom. The van der Waals surface area contributed by atoms with Crippen LogP contribution in [-0.4, -0.2) is 17.0 Å². The topological polar surface area (TPSA) is 55.2 Å². The Balaban J connectivity index is 2.37. The summed E-state index contributed by atoms with van der Waals surface area (Å²) in [5.74, 6) is 0. The Hall–Kier alpha value is -1.36. The molecular formula is C13H15BrN2O2. The molecule has 0 atom stereocenters. The molecule has 0 saturated heterocycles. The highest BCUT2D eigenvalue weighted by atomic mass is 79.9. The zero-order valence-corrected chi connectivity index (χ0v) is 12.0. The van der Waals surface area contributed by atoms with Crippen LogP contribution in [0, 0.1) is 10.1 Å². The number of hydrogen-bond donors (Lipinski definition) is 1. The normalized spacial score (nSPS) is 16.5. The first-order valence-electron chi connectivity index (χ1n) is 5.79. The monoisotopic (exact) mass is 310 g/mol. The van der Waals surface area contributed by atoms with Crippen molar-refractivity contribution in [2.45, 2.75) is 25.8 Å². The fourth-order valence-corrected chi connectivity index (χ4v) is 2.58. The Morgan fingerprint density at radius 2 is 2.17 bits per heavy atom. The van der Waals surface area contributed by atoms with Crippen molar-refractivity contribution in [1.29, 1.82) is 0 Å². The zero-order chi connectivity index (χ0) is 13.3. The van der Waals surface area contributed by atoms with Gasteiger partial charge in [-0.1, -0.05) is 28.1 Å². The van der Waals surface area contributed by atoms with Crippen molar-refractivity contribution in [2.24, 2.45) is 0 Å². The maximum atomic E-state index is 10.5. The van der Waals surface area contributed by atoms with E-state index in [0.717, 1.165) is 21.3 Å². The second-order valence-corrected chi connectivity index (χ2v) is 5.93. The van der Waals surface area contributed by atoms with Gasteiger partial charge in [0.25, 0.3) is 0 Å². The molecule has 0 radical (unpaired) electrons. The Labute approximate surface area is 114 Å². The molecule has 0 amide bonds. The lowest BCUT2D eigenvalue weighted by Crippen LogP contribution is -2.32. The number of benzene rings is 1. The standard InChI is InChI=1S/C13H15BrN2O2/c1-13(2)8-9(5-6-16(17)18)11-4-3-10(14)7-12(11)15-13/h3-4,7-8,15H,5-6H2,1-2H3. The lowest BCUT2D eigenvalue weighted by molar-refractivity contribution is -0.478. The molecule has 1 aromatic rings. The molecular weight excluding hydrogens is 296 g/mol. The molecule has 96 valence electrons. The molecule has 0 fully saturated rings. The molecule has 18 heavy (non-hydrogen) atoms. The van der Waals surface area contributed by atoms with E-state index >= 15 is 0 Å². The van der Waals surface area contributed by atoms with Crippen molar-refractivity contribution in [2.75, 3.05) is 11.9 Å². The van der Waals surface area contributed by atoms with Crippen LogP contribution >= 0.6 is 15.9 Å². The van der Waals surface area contributed by atoms with E-state index in [0.29, 0.717) is 6.42 Å². The number of nitrogens with zero attached hydrogens (tertiary/aromatic N) is 1. The minimum absolute atomic E-state index is 0.0303. The SMILES string of the molecule is CC1(C)C=C(CC[N+](=O)[O-])c2ccc(Br)cc2N1. The average Bonchev–Trinajstić information content (AvgIpc) is 2.23. The molecule has 1 aliphatic heterocycles. The molecule has 0 bridgehead atoms. The van der Waals surface area contributed by atoms with Crippen molar-refractivity contribution in [1.82, 2.24) is 0 Å². The van der Waals surface area contributed by atoms with E-state index in [4.69, 9.17) is 0 Å². The highest BCUT2D eigenvalue weighted by Crippen LogP contribution is 2.36. The number of halogens is 1. The van der Waals surface area contributed by atoms with Gasteiger partial charge < -0.3 is 5.32 Å². The molecule has 4 nitrogen and oxygen atoms in total. The van der Waals surface area contributed by atoms with E-state index < -0.39 is 0 Å². The molecule has 1 N–H and O–H groups in total. The second kappa shape index (κ2) is 4.72. The predicted octanol–water partition coefficient (Wildman–Crippen LogP) is 3.70. The van der Waals surface area contributed by atoms with Crippen LogP contribution in [0.1, 0.15) is 25.8 Å². The summed E-state index contributed by atoms with van der Waals surface area (Å²) in [5.41, 5.74) is 2.94. The van der Waals surface area contributed by atoms with Gasteiger partial charge in [0.05, 0.1) is 5.54 Å². The van der Waals surface area contributed by atoms with Crippen LogP contribution < -0.4 is 5.32 Å². The van der Waals surface area contributed by atoms with Gasteiger partial charge in [0, 0.05) is 27.1 Å². The zero-order valence-electron chi connectivity index (χ0n) is 10.4. The third kappa shape index (κ3) is 2.90. The van der Waals surface area contributed by atoms with Crippen molar-refractivity contribution in [3.05, 3.63) is 44.4 Å². The van der Waals surface area contributed by atoms with E-state index in [1.807, 2.05) is 18.2 Å². The molecule has 0 aromatic heterocycles. The summed E-state index contributed by atoms with van der Waals surface area (Å²) in [6.07, 6.45) is 2.54. The summed E-state index contributed by atoms with van der Waals surface area (Å²) in [4.78, 5) is 10.3. The van der Waals surface area contributed by atoms with Crippen molar-refractivity contribution >= 4 is 27.2 Å². The molecule has 1 aromatic carbocycles. The van der Waals surface area contributed by atoms with Crippen LogP contribution in [0.5, 0.6) is 0 Å². The first-order valence-corrected chi connectivity index (χ1v) is 6.58. The Bertz CT molecular complexity index is 524. The third-order valence-corrected chi connectivity index (χ3v) is 3.38. The lowest BCUT2D eigenvalue weighted by Gasteiger charge is -2.32. The summed E-state index contributed by atoms with van der Waals surface area (Å²) in [7, 11) is 0. The Kier molecular flexibility index (Phi) is 3.43. The smallest absolute Gasteiger partial charge is 0.207 e. The summed E-state index contributed by atoms with van der Waals surface area (Å²) < 4.78 is 1.00. The largest absolute Gasteiger partial charge is 0.376 e. The van der Waals surface area contributed by atoms with E-state index in [2.05, 4.69) is 41.2 Å². The second-order valence-electron chi connectivity index (χ2n) is 5.01. The minimum atomic E-state index is -0.269. The average molecular weight is 311 g/mol. The van der Waals surface area contributed by atoms with E-state index in [9.17, 15) is 10.1 Å². The lowest BCUT2D eigenvalue weighted by atomic mass is 9.89. The minimum Gasteiger partial charge on any atom is -0.376 e. The Morgan fingerprint density at radius 1 is 1.44 bits per heavy atom. The van der Waals surface area contributed by atoms with E-state index in [1.165, 1.54) is 0 Å². The number of anilines is 1. The summed E-state index contributed by atoms with van der Waals surface area (Å²) in [6.45, 7) is 4.09. The van der Waals surface area contributed by atoms with Gasteiger partial charge in [-0.05, 0) is 31.6 Å². The fourth-order valence-electron chi connectivity index (χ4n) is 2.21. The molecule has 0 aliphatic carbocycles. The maximum Gasteiger partial charge on any atom is 0.207 e. The van der Waals surface area contributed by atoms with E-state index in [-0.39, 0.29) is 17.0 Å². The first-order chi connectivity index (χ1) is 8.37. The van der Waals surface area contributed by atoms with Crippen LogP contribution in [0.3, 0.4) is 0 Å². The highest BCUT2D eigenvalue weighted by molar-refractivity contribution is 9.10. The summed E-state index contributed by atoms with van der Waals surface area (Å²) >= 11 is 3.44. The van der Waals surface area contributed by atoms with Gasteiger partial charge in [-0.2, -0.15) is 0 Å². The van der Waals surface area contributed by atoms with Crippen LogP contribution in [0.25, 0.3) is 5.57 Å². The van der Waals surface area contributed by atoms with Crippen molar-refractivity contribution in [3.63, 3.8) is 0 Å². The van der Waals surface area contributed by atoms with Gasteiger partial charge in [0.1, 0.15) is 0 Å². The van der Waals surface area contributed by atoms with Gasteiger partial charge in [-0.15, -0.1) is 0 Å². The summed E-state index contributed by atoms with van der Waals surface area (Å²) in [5, 5.41) is 13.9. The highest BCUT2D eigenvalue weighted by Gasteiger charge is 2.24. The van der Waals surface area contributed by atoms with Crippen LogP contribution in [0.15, 0.2) is 28.7 Å². The number of fused-ring (bicyclic) bond motifs is 1. The molecule has 0 spiro atoms. The molecule has 5 heteroatoms. The first kappa shape index (κ1) is 13.1. The van der Waals surface area contributed by atoms with Gasteiger partial charge in [-0.25, -0.2) is 0 Å². The number of rotatable bonds is 3. The van der Waals surface area contributed by atoms with Crippen LogP contribution in [-0.2, 0) is 0 Å². The quantitative estimate of drug-likeness (QED) is 0.684. The number of nitro groups is 1. The van der Waals surface area contributed by atoms with Crippen LogP contribution in [0.4, 0.5) is 5.69 Å². The number of nitrogens with one attached hydrogen (secondary N) is 1. The molecule has 1 aliphatic rings. The molecule has 0 saturated carbocycles. The van der Waals surface area contributed by atoms with Gasteiger partial charge in [0.15, 0.2) is 0 Å². The molecule has 2 rings (SSSR count). The third-order valence-electron chi connectivity index (χ3n) is 2.88. The number of hydrogen-bond acceptors (Lipinski definition) is 3. The van der Waals surface area contributed by atoms with Gasteiger partial charge in [0.2, 0.25) is 6.54 Å². The molecule has 0 unspecified atom stereocenters. The van der Waals surface area contributed by atoms with Crippen molar-refractivity contribution in [3.8, 4) is 0 Å². The van der Waals surface area contributed by atoms with E-state index in [1.54, 1.807) is 0 Å². The van der Waals surface area contributed by atoms with Crippen LogP contribution in [0.2, 0.25) is 0 Å². The molecule has 1 heterocycles.